The van der Waals surface area contributed by atoms with Crippen molar-refractivity contribution in [1.29, 1.82) is 0 Å². The fourth-order valence-electron chi connectivity index (χ4n) is 5.03. The maximum atomic E-state index is 12.5. The zero-order chi connectivity index (χ0) is 24.4. The van der Waals surface area contributed by atoms with Gasteiger partial charge in [-0.25, -0.2) is 9.78 Å². The molecule has 2 aliphatic rings. The normalized spacial score (nSPS) is 18.4. The van der Waals surface area contributed by atoms with E-state index in [-0.39, 0.29) is 18.2 Å². The number of carboxylic acid groups (broad SMARTS) is 1. The Hall–Kier alpha value is -4.20. The summed E-state index contributed by atoms with van der Waals surface area (Å²) >= 11 is 0. The van der Waals surface area contributed by atoms with Crippen LogP contribution in [0.2, 0.25) is 0 Å². The van der Waals surface area contributed by atoms with Crippen LogP contribution in [0.15, 0.2) is 66.9 Å². The van der Waals surface area contributed by atoms with Gasteiger partial charge in [0.15, 0.2) is 0 Å². The Morgan fingerprint density at radius 1 is 0.943 bits per heavy atom. The van der Waals surface area contributed by atoms with E-state index in [1.54, 1.807) is 6.07 Å². The van der Waals surface area contributed by atoms with Crippen molar-refractivity contribution in [3.63, 3.8) is 0 Å². The van der Waals surface area contributed by atoms with Gasteiger partial charge in [0.05, 0.1) is 17.8 Å². The van der Waals surface area contributed by atoms with Crippen LogP contribution in [0.5, 0.6) is 0 Å². The Morgan fingerprint density at radius 3 is 2.26 bits per heavy atom. The molecule has 2 amide bonds. The molecule has 1 aromatic heterocycles. The Balaban J connectivity index is 1.18. The van der Waals surface area contributed by atoms with Gasteiger partial charge in [0.2, 0.25) is 0 Å². The van der Waals surface area contributed by atoms with Gasteiger partial charge in [0.25, 0.3) is 5.91 Å². The maximum absolute atomic E-state index is 12.5. The molecule has 8 heteroatoms. The zero-order valence-electron chi connectivity index (χ0n) is 18.9. The van der Waals surface area contributed by atoms with Crippen LogP contribution in [0.3, 0.4) is 0 Å². The Labute approximate surface area is 202 Å². The molecule has 0 spiro atoms. The highest BCUT2D eigenvalue weighted by atomic mass is 16.5. The van der Waals surface area contributed by atoms with Crippen molar-refractivity contribution in [2.24, 2.45) is 5.92 Å². The second-order valence-corrected chi connectivity index (χ2v) is 8.84. The first-order valence-electron chi connectivity index (χ1n) is 11.6. The predicted octanol–water partition coefficient (Wildman–Crippen LogP) is 4.43. The first-order chi connectivity index (χ1) is 17.0. The van der Waals surface area contributed by atoms with Gasteiger partial charge < -0.3 is 15.2 Å². The summed E-state index contributed by atoms with van der Waals surface area (Å²) in [5.41, 5.74) is 5.11. The highest BCUT2D eigenvalue weighted by Crippen LogP contribution is 2.44. The topological polar surface area (TPSA) is 118 Å². The van der Waals surface area contributed by atoms with Gasteiger partial charge in [-0.1, -0.05) is 55.0 Å². The molecule has 1 saturated carbocycles. The number of anilines is 1. The summed E-state index contributed by atoms with van der Waals surface area (Å²) in [7, 11) is 0. The highest BCUT2D eigenvalue weighted by molar-refractivity contribution is 5.93. The van der Waals surface area contributed by atoms with Gasteiger partial charge in [-0.05, 0) is 47.2 Å². The molecule has 5 rings (SSSR count). The van der Waals surface area contributed by atoms with Gasteiger partial charge in [0, 0.05) is 12.0 Å². The van der Waals surface area contributed by atoms with Crippen LogP contribution in [-0.2, 0) is 9.53 Å². The van der Waals surface area contributed by atoms with Gasteiger partial charge in [-0.3, -0.25) is 14.9 Å². The smallest absolute Gasteiger partial charge is 0.411 e. The largest absolute Gasteiger partial charge is 0.481 e. The molecule has 2 aromatic carbocycles. The number of carbonyl (C=O) groups is 3. The van der Waals surface area contributed by atoms with E-state index in [0.29, 0.717) is 18.5 Å². The second kappa shape index (κ2) is 9.58. The van der Waals surface area contributed by atoms with Crippen LogP contribution >= 0.6 is 0 Å². The number of hydrogen-bond acceptors (Lipinski definition) is 5. The first-order valence-corrected chi connectivity index (χ1v) is 11.6. The van der Waals surface area contributed by atoms with Crippen molar-refractivity contribution in [2.45, 2.75) is 31.2 Å². The third kappa shape index (κ3) is 4.59. The number of pyridine rings is 1. The molecule has 3 aromatic rings. The number of rotatable bonds is 6. The van der Waals surface area contributed by atoms with E-state index in [0.717, 1.165) is 28.7 Å². The number of amides is 2. The summed E-state index contributed by atoms with van der Waals surface area (Å²) in [6.07, 6.45) is 2.71. The molecule has 0 unspecified atom stereocenters. The van der Waals surface area contributed by atoms with Crippen LogP contribution < -0.4 is 10.6 Å². The molecular weight excluding hydrogens is 446 g/mol. The van der Waals surface area contributed by atoms with Crippen molar-refractivity contribution >= 4 is 23.7 Å². The Kier molecular flexibility index (Phi) is 6.18. The number of carboxylic acids is 1. The number of aliphatic carboxylic acids is 1. The van der Waals surface area contributed by atoms with E-state index >= 15 is 0 Å². The van der Waals surface area contributed by atoms with Gasteiger partial charge in [0.1, 0.15) is 12.3 Å². The Bertz CT molecular complexity index is 1230. The predicted molar refractivity (Wildman–Crippen MR) is 129 cm³/mol. The minimum absolute atomic E-state index is 0.0393. The maximum Gasteiger partial charge on any atom is 0.411 e. The van der Waals surface area contributed by atoms with Crippen LogP contribution in [0.25, 0.3) is 11.1 Å². The van der Waals surface area contributed by atoms with Crippen molar-refractivity contribution in [1.82, 2.24) is 10.3 Å². The number of carbonyl (C=O) groups excluding carboxylic acids is 2. The number of fused-ring (bicyclic) bond motifs is 3. The molecule has 0 saturated heterocycles. The number of nitrogens with zero attached hydrogens (tertiary/aromatic N) is 1. The number of ether oxygens (including phenoxy) is 1. The lowest BCUT2D eigenvalue weighted by atomic mass is 9.98. The summed E-state index contributed by atoms with van der Waals surface area (Å²) < 4.78 is 5.53. The van der Waals surface area contributed by atoms with E-state index in [4.69, 9.17) is 4.74 Å². The fraction of sp³-hybridized carbons (Fsp3) is 0.259. The number of hydrogen-bond donors (Lipinski definition) is 3. The second-order valence-electron chi connectivity index (χ2n) is 8.84. The van der Waals surface area contributed by atoms with Crippen molar-refractivity contribution in [2.75, 3.05) is 11.9 Å². The fourth-order valence-corrected chi connectivity index (χ4v) is 5.03. The third-order valence-electron chi connectivity index (χ3n) is 6.74. The number of benzene rings is 2. The SMILES string of the molecule is O=C(Nc1ccc(C(=O)N[C@H]2CCC[C@H]2C(=O)O)nc1)OCC1c2ccccc2-c2ccccc21. The molecule has 8 nitrogen and oxygen atoms in total. The molecule has 178 valence electrons. The average molecular weight is 472 g/mol. The minimum atomic E-state index is -0.900. The molecule has 35 heavy (non-hydrogen) atoms. The summed E-state index contributed by atoms with van der Waals surface area (Å²) in [5.74, 6) is -1.95. The number of aromatic nitrogens is 1. The van der Waals surface area contributed by atoms with Crippen LogP contribution in [0, 0.1) is 5.92 Å². The van der Waals surface area contributed by atoms with Crippen LogP contribution in [0.4, 0.5) is 10.5 Å². The lowest BCUT2D eigenvalue weighted by molar-refractivity contribution is -0.142. The van der Waals surface area contributed by atoms with Crippen molar-refractivity contribution in [3.05, 3.63) is 83.7 Å². The van der Waals surface area contributed by atoms with E-state index in [2.05, 4.69) is 39.9 Å². The highest BCUT2D eigenvalue weighted by Gasteiger charge is 2.34. The molecule has 0 aliphatic heterocycles. The van der Waals surface area contributed by atoms with Gasteiger partial charge in [-0.2, -0.15) is 0 Å². The Morgan fingerprint density at radius 2 is 1.63 bits per heavy atom. The van der Waals surface area contributed by atoms with E-state index in [9.17, 15) is 19.5 Å². The van der Waals surface area contributed by atoms with Crippen molar-refractivity contribution in [3.8, 4) is 11.1 Å². The minimum Gasteiger partial charge on any atom is -0.481 e. The lowest BCUT2D eigenvalue weighted by Gasteiger charge is -2.17. The van der Waals surface area contributed by atoms with Gasteiger partial charge >= 0.3 is 12.1 Å². The van der Waals surface area contributed by atoms with Crippen molar-refractivity contribution < 1.29 is 24.2 Å². The third-order valence-corrected chi connectivity index (χ3v) is 6.74. The zero-order valence-corrected chi connectivity index (χ0v) is 18.9. The van der Waals surface area contributed by atoms with E-state index in [1.165, 1.54) is 12.3 Å². The molecule has 0 bridgehead atoms. The van der Waals surface area contributed by atoms with E-state index < -0.39 is 29.9 Å². The standard InChI is InChI=1S/C27H25N3O5/c31-25(30-23-11-5-10-21(23)26(32)33)24-13-12-16(14-28-24)29-27(34)35-15-22-19-8-3-1-6-17(19)18-7-2-4-9-20(18)22/h1-4,6-9,12-14,21-23H,5,10-11,15H2,(H,29,34)(H,30,31)(H,32,33)/t21-,23+/m1/s1. The molecular formula is C27H25N3O5. The quantitative estimate of drug-likeness (QED) is 0.490. The lowest BCUT2D eigenvalue weighted by Crippen LogP contribution is -2.40. The molecule has 1 fully saturated rings. The van der Waals surface area contributed by atoms with Crippen LogP contribution in [-0.4, -0.2) is 40.7 Å². The first kappa shape index (κ1) is 22.6. The summed E-state index contributed by atoms with van der Waals surface area (Å²) in [6.45, 7) is 0.194. The molecule has 1 heterocycles. The molecule has 3 N–H and O–H groups in total. The van der Waals surface area contributed by atoms with Gasteiger partial charge in [-0.15, -0.1) is 0 Å². The summed E-state index contributed by atoms with van der Waals surface area (Å²) in [5, 5.41) is 14.7. The number of nitrogens with one attached hydrogen (secondary N) is 2. The summed E-state index contributed by atoms with van der Waals surface area (Å²) in [6, 6.07) is 18.9. The van der Waals surface area contributed by atoms with Crippen LogP contribution in [0.1, 0.15) is 46.8 Å². The molecule has 0 radical (unpaired) electrons. The summed E-state index contributed by atoms with van der Waals surface area (Å²) in [4.78, 5) is 40.3. The monoisotopic (exact) mass is 471 g/mol. The molecule has 2 aliphatic carbocycles. The molecule has 2 atom stereocenters. The van der Waals surface area contributed by atoms with E-state index in [1.807, 2.05) is 24.3 Å². The average Bonchev–Trinajstić information content (AvgIpc) is 3.46.